The van der Waals surface area contributed by atoms with Gasteiger partial charge in [-0.3, -0.25) is 4.79 Å². The van der Waals surface area contributed by atoms with Crippen LogP contribution in [0.2, 0.25) is 0 Å². The molecule has 1 nitrogen and oxygen atoms in total. The minimum absolute atomic E-state index is 0.0340. The Hall–Kier alpha value is -2.15. The molecular weight excluding hydrogens is 292 g/mol. The van der Waals surface area contributed by atoms with Crippen LogP contribution >= 0.6 is 0 Å². The molecule has 124 valence electrons. The van der Waals surface area contributed by atoms with Gasteiger partial charge in [-0.25, -0.2) is 0 Å². The Labute approximate surface area is 145 Å². The molecule has 1 aliphatic rings. The van der Waals surface area contributed by atoms with Gasteiger partial charge in [-0.1, -0.05) is 84.5 Å². The van der Waals surface area contributed by atoms with Crippen LogP contribution in [0.1, 0.15) is 79.7 Å². The predicted molar refractivity (Wildman–Crippen MR) is 102 cm³/mol. The average Bonchev–Trinajstić information content (AvgIpc) is 2.49. The molecule has 0 aliphatic heterocycles. The van der Waals surface area contributed by atoms with Crippen molar-refractivity contribution in [3.63, 3.8) is 0 Å². The van der Waals surface area contributed by atoms with Crippen molar-refractivity contribution < 1.29 is 4.79 Å². The molecule has 3 rings (SSSR count). The summed E-state index contributed by atoms with van der Waals surface area (Å²) in [5.74, 6) is 0.129. The topological polar surface area (TPSA) is 17.1 Å². The number of benzene rings is 2. The molecule has 0 bridgehead atoms. The number of carbonyl (C=O) groups excluding carboxylic acids is 1. The Morgan fingerprint density at radius 3 is 1.67 bits per heavy atom. The van der Waals surface area contributed by atoms with Crippen molar-refractivity contribution in [3.05, 3.63) is 76.4 Å². The summed E-state index contributed by atoms with van der Waals surface area (Å²) in [6, 6.07) is 12.2. The van der Waals surface area contributed by atoms with Crippen molar-refractivity contribution in [1.29, 1.82) is 0 Å². The minimum Gasteiger partial charge on any atom is -0.289 e. The van der Waals surface area contributed by atoms with E-state index in [-0.39, 0.29) is 16.6 Å². The quantitative estimate of drug-likeness (QED) is 0.505. The Morgan fingerprint density at radius 1 is 0.708 bits per heavy atom. The van der Waals surface area contributed by atoms with Crippen LogP contribution in [-0.4, -0.2) is 5.78 Å². The molecule has 0 radical (unpaired) electrons. The molecule has 0 fully saturated rings. The van der Waals surface area contributed by atoms with Crippen LogP contribution in [0.5, 0.6) is 0 Å². The third kappa shape index (κ3) is 2.43. The lowest BCUT2D eigenvalue weighted by atomic mass is 9.71. The summed E-state index contributed by atoms with van der Waals surface area (Å²) >= 11 is 0. The highest BCUT2D eigenvalue weighted by Crippen LogP contribution is 2.43. The molecule has 0 amide bonds. The molecule has 0 atom stereocenters. The van der Waals surface area contributed by atoms with Crippen molar-refractivity contribution >= 4 is 11.4 Å². The van der Waals surface area contributed by atoms with E-state index < -0.39 is 0 Å². The Kier molecular flexibility index (Phi) is 3.60. The number of carbonyl (C=O) groups is 1. The van der Waals surface area contributed by atoms with Crippen molar-refractivity contribution in [2.75, 3.05) is 0 Å². The lowest BCUT2D eigenvalue weighted by Gasteiger charge is -2.32. The summed E-state index contributed by atoms with van der Waals surface area (Å²) in [4.78, 5) is 13.4. The van der Waals surface area contributed by atoms with Gasteiger partial charge in [0.25, 0.3) is 0 Å². The molecule has 0 unspecified atom stereocenters. The predicted octanol–water partition coefficient (Wildman–Crippen LogP) is 5.89. The van der Waals surface area contributed by atoms with Gasteiger partial charge in [0.15, 0.2) is 5.78 Å². The van der Waals surface area contributed by atoms with Crippen molar-refractivity contribution in [1.82, 2.24) is 0 Å². The number of hydrogen-bond donors (Lipinski definition) is 0. The number of rotatable bonds is 0. The summed E-state index contributed by atoms with van der Waals surface area (Å²) in [5, 5.41) is 0. The summed E-state index contributed by atoms with van der Waals surface area (Å²) in [7, 11) is 0. The first-order valence-corrected chi connectivity index (χ1v) is 8.55. The maximum atomic E-state index is 13.4. The smallest absolute Gasteiger partial charge is 0.194 e. The van der Waals surface area contributed by atoms with Crippen molar-refractivity contribution in [3.8, 4) is 0 Å². The Balaban J connectivity index is 2.35. The van der Waals surface area contributed by atoms with Gasteiger partial charge in [0.1, 0.15) is 0 Å². The SMILES string of the molecule is C=C1c2cccc(C(C)(C)C)c2C(=O)c2cccc(C(C)(C)C)c21. The minimum atomic E-state index is -0.0829. The Morgan fingerprint density at radius 2 is 1.17 bits per heavy atom. The van der Waals surface area contributed by atoms with E-state index in [2.05, 4.69) is 60.3 Å². The fourth-order valence-electron chi connectivity index (χ4n) is 3.63. The van der Waals surface area contributed by atoms with E-state index in [1.165, 1.54) is 5.56 Å². The highest BCUT2D eigenvalue weighted by atomic mass is 16.1. The van der Waals surface area contributed by atoms with Crippen molar-refractivity contribution in [2.24, 2.45) is 0 Å². The molecule has 2 aromatic rings. The first-order chi connectivity index (χ1) is 11.0. The first-order valence-electron chi connectivity index (χ1n) is 8.55. The lowest BCUT2D eigenvalue weighted by molar-refractivity contribution is 0.103. The highest BCUT2D eigenvalue weighted by Gasteiger charge is 2.34. The maximum absolute atomic E-state index is 13.4. The van der Waals surface area contributed by atoms with Crippen LogP contribution in [0, 0.1) is 0 Å². The number of hydrogen-bond acceptors (Lipinski definition) is 1. The van der Waals surface area contributed by atoms with E-state index in [0.29, 0.717) is 0 Å². The molecule has 0 saturated carbocycles. The van der Waals surface area contributed by atoms with E-state index in [4.69, 9.17) is 0 Å². The van der Waals surface area contributed by atoms with E-state index in [9.17, 15) is 4.79 Å². The van der Waals surface area contributed by atoms with Gasteiger partial charge in [-0.2, -0.15) is 0 Å². The van der Waals surface area contributed by atoms with E-state index >= 15 is 0 Å². The third-order valence-electron chi connectivity index (χ3n) is 4.84. The van der Waals surface area contributed by atoms with Crippen molar-refractivity contribution in [2.45, 2.75) is 52.4 Å². The third-order valence-corrected chi connectivity index (χ3v) is 4.84. The van der Waals surface area contributed by atoms with E-state index in [0.717, 1.165) is 33.4 Å². The van der Waals surface area contributed by atoms with Crippen LogP contribution in [0.25, 0.3) is 5.57 Å². The highest BCUT2D eigenvalue weighted by molar-refractivity contribution is 6.19. The number of fused-ring (bicyclic) bond motifs is 2. The van der Waals surface area contributed by atoms with E-state index in [1.807, 2.05) is 24.3 Å². The molecule has 24 heavy (non-hydrogen) atoms. The number of ketones is 1. The normalized spacial score (nSPS) is 14.4. The molecule has 1 heteroatoms. The second-order valence-electron chi connectivity index (χ2n) is 8.76. The Bertz CT molecular complexity index is 781. The first kappa shape index (κ1) is 16.7. The van der Waals surface area contributed by atoms with Crippen LogP contribution in [0.15, 0.2) is 43.0 Å². The summed E-state index contributed by atoms with van der Waals surface area (Å²) < 4.78 is 0. The van der Waals surface area contributed by atoms with Crippen LogP contribution < -0.4 is 0 Å². The second kappa shape index (κ2) is 5.17. The van der Waals surface area contributed by atoms with Gasteiger partial charge in [-0.15, -0.1) is 0 Å². The molecule has 2 aromatic carbocycles. The molecule has 1 aliphatic carbocycles. The summed E-state index contributed by atoms with van der Waals surface area (Å²) in [5.41, 5.74) is 6.75. The van der Waals surface area contributed by atoms with Gasteiger partial charge in [0.05, 0.1) is 0 Å². The van der Waals surface area contributed by atoms with Gasteiger partial charge in [0.2, 0.25) is 0 Å². The zero-order valence-electron chi connectivity index (χ0n) is 15.6. The average molecular weight is 318 g/mol. The fraction of sp³-hybridized carbons (Fsp3) is 0.348. The molecule has 0 saturated heterocycles. The molecule has 0 heterocycles. The lowest BCUT2D eigenvalue weighted by Crippen LogP contribution is -2.25. The maximum Gasteiger partial charge on any atom is 0.194 e. The van der Waals surface area contributed by atoms with Gasteiger partial charge in [-0.05, 0) is 38.7 Å². The fourth-order valence-corrected chi connectivity index (χ4v) is 3.63. The van der Waals surface area contributed by atoms with Crippen LogP contribution in [-0.2, 0) is 10.8 Å². The molecule has 0 N–H and O–H groups in total. The zero-order valence-corrected chi connectivity index (χ0v) is 15.6. The molecule has 0 aromatic heterocycles. The molecular formula is C23H26O. The van der Waals surface area contributed by atoms with E-state index in [1.54, 1.807) is 0 Å². The van der Waals surface area contributed by atoms with Crippen LogP contribution in [0.4, 0.5) is 0 Å². The molecule has 0 spiro atoms. The van der Waals surface area contributed by atoms with Gasteiger partial charge >= 0.3 is 0 Å². The van der Waals surface area contributed by atoms with Gasteiger partial charge in [0, 0.05) is 11.1 Å². The largest absolute Gasteiger partial charge is 0.289 e. The standard InChI is InChI=1S/C23H26O/c1-14-15-10-8-13-18(23(5,6)7)20(15)21(24)16-11-9-12-17(19(14)16)22(2,3)4/h8-13H,1H2,2-7H3. The zero-order chi connectivity index (χ0) is 17.9. The van der Waals surface area contributed by atoms with Gasteiger partial charge < -0.3 is 0 Å². The summed E-state index contributed by atoms with van der Waals surface area (Å²) in [6.07, 6.45) is 0. The van der Waals surface area contributed by atoms with Crippen LogP contribution in [0.3, 0.4) is 0 Å². The summed E-state index contributed by atoms with van der Waals surface area (Å²) in [6.45, 7) is 17.4. The second-order valence-corrected chi connectivity index (χ2v) is 8.76. The monoisotopic (exact) mass is 318 g/mol.